The SMILES string of the molecule is CCc1cc(C(=O)N2CCO[C@@H](c3ccnc(N(C)C)n3)C2)n[nH]1. The number of ether oxygens (including phenoxy) is 1. The number of anilines is 1. The average molecular weight is 330 g/mol. The number of hydrogen-bond acceptors (Lipinski definition) is 6. The van der Waals surface area contributed by atoms with E-state index >= 15 is 0 Å². The molecule has 0 spiro atoms. The van der Waals surface area contributed by atoms with Gasteiger partial charge in [-0.3, -0.25) is 9.89 Å². The van der Waals surface area contributed by atoms with Gasteiger partial charge in [0.2, 0.25) is 5.95 Å². The number of aromatic amines is 1. The maximum absolute atomic E-state index is 12.6. The lowest BCUT2D eigenvalue weighted by atomic mass is 10.2. The molecular formula is C16H22N6O2. The molecule has 0 aromatic carbocycles. The van der Waals surface area contributed by atoms with E-state index in [2.05, 4.69) is 20.2 Å². The Morgan fingerprint density at radius 2 is 2.33 bits per heavy atom. The van der Waals surface area contributed by atoms with E-state index in [1.165, 1.54) is 0 Å². The smallest absolute Gasteiger partial charge is 0.274 e. The fraction of sp³-hybridized carbons (Fsp3) is 0.500. The maximum atomic E-state index is 12.6. The van der Waals surface area contributed by atoms with E-state index in [9.17, 15) is 4.79 Å². The Balaban J connectivity index is 1.74. The number of nitrogens with zero attached hydrogens (tertiary/aromatic N) is 5. The number of carbonyl (C=O) groups excluding carboxylic acids is 1. The predicted molar refractivity (Wildman–Crippen MR) is 88.9 cm³/mol. The second kappa shape index (κ2) is 6.96. The third-order valence-electron chi connectivity index (χ3n) is 3.98. The average Bonchev–Trinajstić information content (AvgIpc) is 3.10. The van der Waals surface area contributed by atoms with Crippen molar-refractivity contribution in [3.63, 3.8) is 0 Å². The molecule has 1 fully saturated rings. The molecule has 2 aromatic rings. The van der Waals surface area contributed by atoms with E-state index < -0.39 is 0 Å². The highest BCUT2D eigenvalue weighted by Crippen LogP contribution is 2.22. The normalized spacial score (nSPS) is 17.8. The number of aryl methyl sites for hydroxylation is 1. The minimum Gasteiger partial charge on any atom is -0.368 e. The Morgan fingerprint density at radius 3 is 3.04 bits per heavy atom. The van der Waals surface area contributed by atoms with Crippen molar-refractivity contribution in [2.45, 2.75) is 19.4 Å². The van der Waals surface area contributed by atoms with E-state index in [4.69, 9.17) is 4.74 Å². The topological polar surface area (TPSA) is 87.2 Å². The van der Waals surface area contributed by atoms with Crippen LogP contribution in [0.15, 0.2) is 18.3 Å². The molecule has 0 radical (unpaired) electrons. The zero-order chi connectivity index (χ0) is 17.1. The second-order valence-corrected chi connectivity index (χ2v) is 5.92. The molecule has 24 heavy (non-hydrogen) atoms. The van der Waals surface area contributed by atoms with Gasteiger partial charge in [0, 0.05) is 32.5 Å². The molecule has 3 rings (SSSR count). The number of carbonyl (C=O) groups is 1. The number of hydrogen-bond donors (Lipinski definition) is 1. The molecule has 8 nitrogen and oxygen atoms in total. The maximum Gasteiger partial charge on any atom is 0.274 e. The quantitative estimate of drug-likeness (QED) is 0.901. The molecule has 3 heterocycles. The fourth-order valence-corrected chi connectivity index (χ4v) is 2.58. The Labute approximate surface area is 140 Å². The molecule has 128 valence electrons. The largest absolute Gasteiger partial charge is 0.368 e. The van der Waals surface area contributed by atoms with Crippen molar-refractivity contribution in [3.05, 3.63) is 35.4 Å². The van der Waals surface area contributed by atoms with Gasteiger partial charge in [0.05, 0.1) is 18.8 Å². The first-order chi connectivity index (χ1) is 11.6. The van der Waals surface area contributed by atoms with Crippen molar-refractivity contribution in [3.8, 4) is 0 Å². The molecule has 1 atom stereocenters. The van der Waals surface area contributed by atoms with Gasteiger partial charge in [0.1, 0.15) is 11.8 Å². The molecule has 0 aliphatic carbocycles. The highest BCUT2D eigenvalue weighted by atomic mass is 16.5. The molecule has 1 N–H and O–H groups in total. The van der Waals surface area contributed by atoms with Crippen LogP contribution in [-0.4, -0.2) is 64.8 Å². The number of morpholine rings is 1. The second-order valence-electron chi connectivity index (χ2n) is 5.92. The molecule has 0 unspecified atom stereocenters. The van der Waals surface area contributed by atoms with Gasteiger partial charge in [-0.25, -0.2) is 9.97 Å². The zero-order valence-corrected chi connectivity index (χ0v) is 14.2. The van der Waals surface area contributed by atoms with Gasteiger partial charge in [-0.05, 0) is 18.6 Å². The van der Waals surface area contributed by atoms with Gasteiger partial charge in [-0.2, -0.15) is 5.10 Å². The van der Waals surface area contributed by atoms with Gasteiger partial charge in [0.15, 0.2) is 0 Å². The molecule has 1 saturated heterocycles. The van der Waals surface area contributed by atoms with Crippen molar-refractivity contribution in [1.29, 1.82) is 0 Å². The zero-order valence-electron chi connectivity index (χ0n) is 14.2. The molecule has 0 bridgehead atoms. The van der Waals surface area contributed by atoms with E-state index in [-0.39, 0.29) is 12.0 Å². The lowest BCUT2D eigenvalue weighted by Gasteiger charge is -2.32. The summed E-state index contributed by atoms with van der Waals surface area (Å²) in [5, 5.41) is 6.99. The van der Waals surface area contributed by atoms with Crippen LogP contribution in [0.4, 0.5) is 5.95 Å². The van der Waals surface area contributed by atoms with Crippen LogP contribution in [0.2, 0.25) is 0 Å². The lowest BCUT2D eigenvalue weighted by molar-refractivity contribution is -0.0249. The predicted octanol–water partition coefficient (Wildman–Crippen LogP) is 1.04. The van der Waals surface area contributed by atoms with Crippen LogP contribution in [0, 0.1) is 0 Å². The summed E-state index contributed by atoms with van der Waals surface area (Å²) in [6.45, 7) is 3.50. The van der Waals surface area contributed by atoms with Crippen LogP contribution in [-0.2, 0) is 11.2 Å². The summed E-state index contributed by atoms with van der Waals surface area (Å²) in [5.41, 5.74) is 2.18. The van der Waals surface area contributed by atoms with E-state index in [1.807, 2.05) is 38.1 Å². The third-order valence-corrected chi connectivity index (χ3v) is 3.98. The van der Waals surface area contributed by atoms with Crippen LogP contribution >= 0.6 is 0 Å². The molecule has 1 aliphatic heterocycles. The van der Waals surface area contributed by atoms with Crippen molar-refractivity contribution in [2.24, 2.45) is 0 Å². The number of aromatic nitrogens is 4. The Morgan fingerprint density at radius 1 is 1.50 bits per heavy atom. The summed E-state index contributed by atoms with van der Waals surface area (Å²) in [5.74, 6) is 0.542. The standard InChI is InChI=1S/C16H22N6O2/c1-4-11-9-13(20-19-11)15(23)22-7-8-24-14(10-22)12-5-6-17-16(18-12)21(2)3/h5-6,9,14H,4,7-8,10H2,1-3H3,(H,19,20)/t14-/m1/s1. The molecular weight excluding hydrogens is 308 g/mol. The summed E-state index contributed by atoms with van der Waals surface area (Å²) < 4.78 is 5.81. The number of rotatable bonds is 4. The Kier molecular flexibility index (Phi) is 4.75. The van der Waals surface area contributed by atoms with Crippen LogP contribution in [0.25, 0.3) is 0 Å². The molecule has 1 amide bonds. The molecule has 0 saturated carbocycles. The van der Waals surface area contributed by atoms with Gasteiger partial charge in [0.25, 0.3) is 5.91 Å². The van der Waals surface area contributed by atoms with Crippen LogP contribution in [0.1, 0.15) is 34.9 Å². The first kappa shape index (κ1) is 16.4. The van der Waals surface area contributed by atoms with Crippen molar-refractivity contribution >= 4 is 11.9 Å². The molecule has 1 aliphatic rings. The highest BCUT2D eigenvalue weighted by molar-refractivity contribution is 5.92. The number of nitrogens with one attached hydrogen (secondary N) is 1. The van der Waals surface area contributed by atoms with E-state index in [1.54, 1.807) is 11.1 Å². The molecule has 2 aromatic heterocycles. The summed E-state index contributed by atoms with van der Waals surface area (Å²) in [4.78, 5) is 25.0. The number of amides is 1. The van der Waals surface area contributed by atoms with Gasteiger partial charge in [-0.1, -0.05) is 6.92 Å². The highest BCUT2D eigenvalue weighted by Gasteiger charge is 2.28. The van der Waals surface area contributed by atoms with Gasteiger partial charge >= 0.3 is 0 Å². The van der Waals surface area contributed by atoms with Crippen molar-refractivity contribution in [2.75, 3.05) is 38.7 Å². The summed E-state index contributed by atoms with van der Waals surface area (Å²) in [6, 6.07) is 3.64. The fourth-order valence-electron chi connectivity index (χ4n) is 2.58. The van der Waals surface area contributed by atoms with E-state index in [0.717, 1.165) is 17.8 Å². The van der Waals surface area contributed by atoms with Crippen molar-refractivity contribution < 1.29 is 9.53 Å². The van der Waals surface area contributed by atoms with Crippen molar-refractivity contribution in [1.82, 2.24) is 25.1 Å². The summed E-state index contributed by atoms with van der Waals surface area (Å²) >= 11 is 0. The van der Waals surface area contributed by atoms with Crippen LogP contribution < -0.4 is 4.90 Å². The van der Waals surface area contributed by atoms with Gasteiger partial charge < -0.3 is 14.5 Å². The van der Waals surface area contributed by atoms with Crippen LogP contribution in [0.3, 0.4) is 0 Å². The minimum absolute atomic E-state index is 0.0823. The van der Waals surface area contributed by atoms with Gasteiger partial charge in [-0.15, -0.1) is 0 Å². The molecule has 8 heteroatoms. The summed E-state index contributed by atoms with van der Waals surface area (Å²) in [7, 11) is 3.78. The monoisotopic (exact) mass is 330 g/mol. The first-order valence-corrected chi connectivity index (χ1v) is 8.04. The van der Waals surface area contributed by atoms with E-state index in [0.29, 0.717) is 31.3 Å². The first-order valence-electron chi connectivity index (χ1n) is 8.04. The number of H-pyrrole nitrogens is 1. The lowest BCUT2D eigenvalue weighted by Crippen LogP contribution is -2.42. The summed E-state index contributed by atoms with van der Waals surface area (Å²) in [6.07, 6.45) is 2.28. The Hall–Kier alpha value is -2.48. The Bertz CT molecular complexity index is 714. The van der Waals surface area contributed by atoms with Crippen LogP contribution in [0.5, 0.6) is 0 Å². The minimum atomic E-state index is -0.256. The third kappa shape index (κ3) is 3.38.